The fourth-order valence-electron chi connectivity index (χ4n) is 3.37. The predicted molar refractivity (Wildman–Crippen MR) is 138 cm³/mol. The Morgan fingerprint density at radius 1 is 1.15 bits per heavy atom. The highest BCUT2D eigenvalue weighted by atomic mass is 32.2. The Kier molecular flexibility index (Phi) is 12.0. The summed E-state index contributed by atoms with van der Waals surface area (Å²) in [6.45, 7) is 11.1. The van der Waals surface area contributed by atoms with E-state index in [1.165, 1.54) is 11.8 Å². The largest absolute Gasteiger partial charge is 0.444 e. The van der Waals surface area contributed by atoms with Crippen molar-refractivity contribution < 1.29 is 19.1 Å². The van der Waals surface area contributed by atoms with Crippen LogP contribution in [-0.2, 0) is 14.3 Å². The molecule has 3 amide bonds. The van der Waals surface area contributed by atoms with Gasteiger partial charge in [-0.05, 0) is 65.0 Å². The second-order valence-electron chi connectivity index (χ2n) is 9.33. The molecule has 188 valence electrons. The minimum atomic E-state index is -1.03. The molecular weight excluding hydrogens is 450 g/mol. The van der Waals surface area contributed by atoms with Crippen molar-refractivity contribution >= 4 is 29.7 Å². The molecule has 2 N–H and O–H groups in total. The van der Waals surface area contributed by atoms with E-state index in [0.717, 1.165) is 23.3 Å². The molecule has 1 aromatic carbocycles. The van der Waals surface area contributed by atoms with Crippen molar-refractivity contribution in [3.8, 4) is 12.5 Å². The Morgan fingerprint density at radius 2 is 1.76 bits per heavy atom. The van der Waals surface area contributed by atoms with Gasteiger partial charge in [-0.25, -0.2) is 4.79 Å². The lowest BCUT2D eigenvalue weighted by molar-refractivity contribution is -0.138. The number of alkyl carbamates (subject to hydrolysis) is 1. The van der Waals surface area contributed by atoms with E-state index in [1.807, 2.05) is 39.2 Å². The summed E-state index contributed by atoms with van der Waals surface area (Å²) in [5, 5.41) is 5.62. The molecule has 0 bridgehead atoms. The van der Waals surface area contributed by atoms with E-state index < -0.39 is 29.7 Å². The van der Waals surface area contributed by atoms with Crippen molar-refractivity contribution in [1.29, 1.82) is 0 Å². The standard InChI is InChI=1S/C26H39N3O4S/c1-9-11-19(4)27-23(30)22(20-14-12-18(3)13-15-20)29(10-2)24(31)21(16-17-34-8)28-25(32)33-26(5,6)7/h2,12-15,19,21-22H,9,11,16-17H2,1,3-8H3,(H,27,30)(H,28,32). The number of carbonyl (C=O) groups is 3. The number of terminal acetylenes is 1. The lowest BCUT2D eigenvalue weighted by atomic mass is 10.0. The molecule has 0 heterocycles. The maximum atomic E-state index is 13.6. The average Bonchev–Trinajstić information content (AvgIpc) is 2.74. The Bertz CT molecular complexity index is 858. The van der Waals surface area contributed by atoms with E-state index in [0.29, 0.717) is 17.7 Å². The van der Waals surface area contributed by atoms with Crippen molar-refractivity contribution in [2.75, 3.05) is 12.0 Å². The number of amides is 3. The summed E-state index contributed by atoms with van der Waals surface area (Å²) in [5.74, 6) is -0.289. The number of nitrogens with zero attached hydrogens (tertiary/aromatic N) is 1. The fraction of sp³-hybridized carbons (Fsp3) is 0.577. The van der Waals surface area contributed by atoms with Gasteiger partial charge in [-0.3, -0.25) is 14.5 Å². The molecule has 3 atom stereocenters. The van der Waals surface area contributed by atoms with Gasteiger partial charge in [0.1, 0.15) is 17.7 Å². The summed E-state index contributed by atoms with van der Waals surface area (Å²) in [6, 6.07) is 7.68. The third-order valence-electron chi connectivity index (χ3n) is 4.99. The van der Waals surface area contributed by atoms with E-state index in [9.17, 15) is 14.4 Å². The lowest BCUT2D eigenvalue weighted by Gasteiger charge is -2.31. The van der Waals surface area contributed by atoms with Crippen LogP contribution in [0.3, 0.4) is 0 Å². The minimum Gasteiger partial charge on any atom is -0.444 e. The first kappa shape index (κ1) is 29.4. The third kappa shape index (κ3) is 9.68. The van der Waals surface area contributed by atoms with Crippen LogP contribution in [0.15, 0.2) is 24.3 Å². The molecule has 0 aromatic heterocycles. The number of nitrogens with one attached hydrogen (secondary N) is 2. The number of carbonyl (C=O) groups excluding carboxylic acids is 3. The molecular formula is C26H39N3O4S. The molecule has 0 fully saturated rings. The zero-order chi connectivity index (χ0) is 25.9. The summed E-state index contributed by atoms with van der Waals surface area (Å²) in [7, 11) is 0. The van der Waals surface area contributed by atoms with Crippen LogP contribution in [0.4, 0.5) is 4.79 Å². The summed E-state index contributed by atoms with van der Waals surface area (Å²) < 4.78 is 5.34. The first-order valence-corrected chi connectivity index (χ1v) is 13.0. The predicted octanol–water partition coefficient (Wildman–Crippen LogP) is 4.41. The van der Waals surface area contributed by atoms with Gasteiger partial charge < -0.3 is 15.4 Å². The smallest absolute Gasteiger partial charge is 0.408 e. The maximum Gasteiger partial charge on any atom is 0.408 e. The van der Waals surface area contributed by atoms with Gasteiger partial charge in [-0.2, -0.15) is 11.8 Å². The van der Waals surface area contributed by atoms with Crippen LogP contribution < -0.4 is 10.6 Å². The zero-order valence-corrected chi connectivity index (χ0v) is 22.3. The van der Waals surface area contributed by atoms with E-state index in [1.54, 1.807) is 32.9 Å². The zero-order valence-electron chi connectivity index (χ0n) is 21.4. The molecule has 0 aliphatic rings. The van der Waals surface area contributed by atoms with Crippen LogP contribution in [0.2, 0.25) is 0 Å². The molecule has 1 rings (SSSR count). The van der Waals surface area contributed by atoms with Gasteiger partial charge in [-0.1, -0.05) is 49.6 Å². The average molecular weight is 490 g/mol. The van der Waals surface area contributed by atoms with Gasteiger partial charge >= 0.3 is 6.09 Å². The number of benzene rings is 1. The highest BCUT2D eigenvalue weighted by Crippen LogP contribution is 2.24. The molecule has 34 heavy (non-hydrogen) atoms. The Balaban J connectivity index is 3.32. The molecule has 0 spiro atoms. The number of rotatable bonds is 11. The first-order valence-electron chi connectivity index (χ1n) is 11.6. The van der Waals surface area contributed by atoms with Crippen LogP contribution in [0.5, 0.6) is 0 Å². The number of aryl methyl sites for hydroxylation is 1. The van der Waals surface area contributed by atoms with Crippen LogP contribution in [0, 0.1) is 19.4 Å². The highest BCUT2D eigenvalue weighted by molar-refractivity contribution is 7.98. The fourth-order valence-corrected chi connectivity index (χ4v) is 3.84. The van der Waals surface area contributed by atoms with Crippen LogP contribution in [0.25, 0.3) is 0 Å². The summed E-state index contributed by atoms with van der Waals surface area (Å²) >= 11 is 1.54. The molecule has 0 aliphatic carbocycles. The number of hydrogen-bond donors (Lipinski definition) is 2. The normalized spacial score (nSPS) is 13.7. The number of hydrogen-bond acceptors (Lipinski definition) is 5. The van der Waals surface area contributed by atoms with E-state index >= 15 is 0 Å². The number of ether oxygens (including phenoxy) is 1. The molecule has 1 aromatic rings. The van der Waals surface area contributed by atoms with E-state index in [-0.39, 0.29) is 11.9 Å². The second kappa shape index (κ2) is 13.9. The van der Waals surface area contributed by atoms with Crippen molar-refractivity contribution in [3.63, 3.8) is 0 Å². The monoisotopic (exact) mass is 489 g/mol. The summed E-state index contributed by atoms with van der Waals surface area (Å²) in [4.78, 5) is 40.5. The van der Waals surface area contributed by atoms with Gasteiger partial charge in [0.2, 0.25) is 5.91 Å². The van der Waals surface area contributed by atoms with Crippen molar-refractivity contribution in [2.45, 2.75) is 84.5 Å². The summed E-state index contributed by atoms with van der Waals surface area (Å²) in [6.07, 6.45) is 9.04. The Labute approximate surface area is 208 Å². The molecule has 0 aliphatic heterocycles. The number of thioether (sulfide) groups is 1. The van der Waals surface area contributed by atoms with Gasteiger partial charge in [0.15, 0.2) is 0 Å². The Hall–Kier alpha value is -2.66. The maximum absolute atomic E-state index is 13.6. The first-order chi connectivity index (χ1) is 15.9. The van der Waals surface area contributed by atoms with Crippen LogP contribution in [-0.4, -0.2) is 52.5 Å². The Morgan fingerprint density at radius 3 is 2.26 bits per heavy atom. The second-order valence-corrected chi connectivity index (χ2v) is 10.3. The van der Waals surface area contributed by atoms with Crippen LogP contribution in [0.1, 0.15) is 71.0 Å². The summed E-state index contributed by atoms with van der Waals surface area (Å²) in [5.41, 5.74) is 0.896. The quantitative estimate of drug-likeness (QED) is 0.355. The lowest BCUT2D eigenvalue weighted by Crippen LogP contribution is -2.52. The minimum absolute atomic E-state index is 0.0765. The van der Waals surface area contributed by atoms with Crippen molar-refractivity contribution in [1.82, 2.24) is 15.5 Å². The van der Waals surface area contributed by atoms with Crippen molar-refractivity contribution in [3.05, 3.63) is 35.4 Å². The highest BCUT2D eigenvalue weighted by Gasteiger charge is 2.36. The SMILES string of the molecule is C#CN(C(=O)C(CCSC)NC(=O)OC(C)(C)C)C(C(=O)NC(C)CCC)c1ccc(C)cc1. The van der Waals surface area contributed by atoms with E-state index in [2.05, 4.69) is 16.7 Å². The molecule has 7 nitrogen and oxygen atoms in total. The van der Waals surface area contributed by atoms with Gasteiger partial charge in [0, 0.05) is 12.1 Å². The van der Waals surface area contributed by atoms with Gasteiger partial charge in [0.05, 0.1) is 0 Å². The molecule has 0 radical (unpaired) electrons. The molecule has 0 saturated carbocycles. The molecule has 0 saturated heterocycles. The topological polar surface area (TPSA) is 87.7 Å². The molecule has 3 unspecified atom stereocenters. The van der Waals surface area contributed by atoms with Gasteiger partial charge in [-0.15, -0.1) is 0 Å². The van der Waals surface area contributed by atoms with Crippen LogP contribution >= 0.6 is 11.8 Å². The van der Waals surface area contributed by atoms with Gasteiger partial charge in [0.25, 0.3) is 5.91 Å². The molecule has 8 heteroatoms. The van der Waals surface area contributed by atoms with E-state index in [4.69, 9.17) is 11.2 Å². The third-order valence-corrected chi connectivity index (χ3v) is 5.63. The van der Waals surface area contributed by atoms with Crippen molar-refractivity contribution in [2.24, 2.45) is 0 Å².